The fourth-order valence-electron chi connectivity index (χ4n) is 2.42. The smallest absolute Gasteiger partial charge is 0.357 e. The monoisotopic (exact) mass is 362 g/mol. The number of nitrogens with one attached hydrogen (secondary N) is 1. The number of hydrogen-bond donors (Lipinski definition) is 1. The maximum atomic E-state index is 13.3. The Morgan fingerprint density at radius 2 is 1.72 bits per heavy atom. The van der Waals surface area contributed by atoms with Gasteiger partial charge in [-0.3, -0.25) is 4.57 Å². The van der Waals surface area contributed by atoms with Crippen LogP contribution in [-0.4, -0.2) is 19.2 Å². The Balaban J connectivity index is 2.43. The number of carbonyl (C=O) groups excluding carboxylic acids is 1. The summed E-state index contributed by atoms with van der Waals surface area (Å²) in [4.78, 5) is 11.1. The third-order valence-electron chi connectivity index (χ3n) is 3.45. The summed E-state index contributed by atoms with van der Waals surface area (Å²) in [5, 5.41) is 14.2. The molecule has 0 radical (unpaired) electrons. The van der Waals surface area contributed by atoms with E-state index in [1.807, 2.05) is 30.3 Å². The van der Waals surface area contributed by atoms with Gasteiger partial charge in [-0.2, -0.15) is 0 Å². The molecular formula is C18H21NO5P-. The lowest BCUT2D eigenvalue weighted by Gasteiger charge is -2.28. The van der Waals surface area contributed by atoms with Crippen molar-refractivity contribution in [1.82, 2.24) is 0 Å². The molecule has 1 N–H and O–H groups in total. The van der Waals surface area contributed by atoms with Crippen molar-refractivity contribution in [2.75, 3.05) is 18.5 Å². The molecule has 0 aliphatic carbocycles. The standard InChI is InChI=1S/C18H22NO5P/c1-3-23-25(22,24-4-2)17(14-9-6-5-7-10-14)19-16-12-8-11-15(13-16)18(20)21/h5-13,17,19H,3-4H2,1-2H3,(H,20,21)/p-1/t17-/m1/s1. The minimum Gasteiger partial charge on any atom is -0.545 e. The van der Waals surface area contributed by atoms with Crippen LogP contribution in [0.3, 0.4) is 0 Å². The highest BCUT2D eigenvalue weighted by Gasteiger charge is 2.37. The number of carboxylic acids is 1. The van der Waals surface area contributed by atoms with Gasteiger partial charge >= 0.3 is 7.60 Å². The molecular weight excluding hydrogens is 341 g/mol. The maximum Gasteiger partial charge on any atom is 0.357 e. The molecule has 25 heavy (non-hydrogen) atoms. The minimum atomic E-state index is -3.53. The quantitative estimate of drug-likeness (QED) is 0.688. The van der Waals surface area contributed by atoms with Crippen molar-refractivity contribution >= 4 is 19.3 Å². The van der Waals surface area contributed by atoms with Crippen LogP contribution >= 0.6 is 7.60 Å². The van der Waals surface area contributed by atoms with Crippen molar-refractivity contribution in [3.05, 3.63) is 65.7 Å². The van der Waals surface area contributed by atoms with Gasteiger partial charge in [0.05, 0.1) is 19.2 Å². The Morgan fingerprint density at radius 3 is 2.28 bits per heavy atom. The Morgan fingerprint density at radius 1 is 1.08 bits per heavy atom. The number of aromatic carboxylic acids is 1. The van der Waals surface area contributed by atoms with Crippen molar-refractivity contribution < 1.29 is 23.5 Å². The lowest BCUT2D eigenvalue weighted by atomic mass is 10.2. The Bertz CT molecular complexity index is 740. The molecule has 0 amide bonds. The van der Waals surface area contributed by atoms with E-state index < -0.39 is 19.3 Å². The van der Waals surface area contributed by atoms with Crippen LogP contribution in [0.2, 0.25) is 0 Å². The lowest BCUT2D eigenvalue weighted by Crippen LogP contribution is -2.22. The molecule has 0 saturated carbocycles. The van der Waals surface area contributed by atoms with Gasteiger partial charge in [0.15, 0.2) is 5.78 Å². The average molecular weight is 362 g/mol. The van der Waals surface area contributed by atoms with E-state index in [1.165, 1.54) is 12.1 Å². The number of hydrogen-bond acceptors (Lipinski definition) is 6. The van der Waals surface area contributed by atoms with E-state index in [9.17, 15) is 14.5 Å². The van der Waals surface area contributed by atoms with Crippen LogP contribution in [0.15, 0.2) is 54.6 Å². The van der Waals surface area contributed by atoms with Crippen molar-refractivity contribution in [2.24, 2.45) is 0 Å². The average Bonchev–Trinajstić information content (AvgIpc) is 2.61. The number of anilines is 1. The minimum absolute atomic E-state index is 0.0273. The Kier molecular flexibility index (Phi) is 6.76. The molecule has 0 fully saturated rings. The van der Waals surface area contributed by atoms with Gasteiger partial charge in [-0.15, -0.1) is 0 Å². The third-order valence-corrected chi connectivity index (χ3v) is 5.75. The van der Waals surface area contributed by atoms with E-state index in [4.69, 9.17) is 9.05 Å². The van der Waals surface area contributed by atoms with E-state index in [-0.39, 0.29) is 18.8 Å². The fraction of sp³-hybridized carbons (Fsp3) is 0.278. The Labute approximate surface area is 147 Å². The van der Waals surface area contributed by atoms with Gasteiger partial charge in [0.25, 0.3) is 0 Å². The summed E-state index contributed by atoms with van der Waals surface area (Å²) >= 11 is 0. The van der Waals surface area contributed by atoms with Crippen molar-refractivity contribution in [3.63, 3.8) is 0 Å². The summed E-state index contributed by atoms with van der Waals surface area (Å²) in [6, 6.07) is 15.2. The maximum absolute atomic E-state index is 13.3. The topological polar surface area (TPSA) is 87.7 Å². The second kappa shape index (κ2) is 8.81. The number of rotatable bonds is 9. The first-order chi connectivity index (χ1) is 12.0. The zero-order chi connectivity index (χ0) is 18.3. The van der Waals surface area contributed by atoms with Crippen molar-refractivity contribution in [1.29, 1.82) is 0 Å². The Hall–Kier alpha value is -2.14. The molecule has 7 heteroatoms. The first-order valence-electron chi connectivity index (χ1n) is 8.02. The van der Waals surface area contributed by atoms with E-state index >= 15 is 0 Å². The molecule has 0 unspecified atom stereocenters. The molecule has 0 aromatic heterocycles. The van der Waals surface area contributed by atoms with Gasteiger partial charge in [-0.05, 0) is 37.1 Å². The zero-order valence-corrected chi connectivity index (χ0v) is 15.1. The molecule has 0 heterocycles. The van der Waals surface area contributed by atoms with E-state index in [0.29, 0.717) is 11.3 Å². The highest BCUT2D eigenvalue weighted by Crippen LogP contribution is 2.60. The second-order valence-electron chi connectivity index (χ2n) is 5.20. The number of carbonyl (C=O) groups is 1. The van der Waals surface area contributed by atoms with Crippen molar-refractivity contribution in [2.45, 2.75) is 19.6 Å². The summed E-state index contributed by atoms with van der Waals surface area (Å²) in [5.74, 6) is -2.05. The first kappa shape index (κ1) is 19.2. The van der Waals surface area contributed by atoms with Crippen LogP contribution < -0.4 is 10.4 Å². The molecule has 0 spiro atoms. The van der Waals surface area contributed by atoms with Gasteiger partial charge in [-0.1, -0.05) is 42.5 Å². The molecule has 1 atom stereocenters. The summed E-state index contributed by atoms with van der Waals surface area (Å²) in [6.45, 7) is 3.93. The fourth-order valence-corrected chi connectivity index (χ4v) is 4.36. The van der Waals surface area contributed by atoms with Gasteiger partial charge in [0, 0.05) is 5.69 Å². The molecule has 2 aromatic rings. The van der Waals surface area contributed by atoms with Gasteiger partial charge in [0.2, 0.25) is 0 Å². The van der Waals surface area contributed by atoms with E-state index in [2.05, 4.69) is 5.32 Å². The first-order valence-corrected chi connectivity index (χ1v) is 9.63. The molecule has 0 aliphatic heterocycles. The normalized spacial score (nSPS) is 12.6. The summed E-state index contributed by atoms with van der Waals surface area (Å²) in [7, 11) is -3.53. The van der Waals surface area contributed by atoms with E-state index in [0.717, 1.165) is 0 Å². The van der Waals surface area contributed by atoms with Gasteiger partial charge < -0.3 is 24.3 Å². The highest BCUT2D eigenvalue weighted by atomic mass is 31.2. The molecule has 134 valence electrons. The van der Waals surface area contributed by atoms with Gasteiger partial charge in [0.1, 0.15) is 0 Å². The summed E-state index contributed by atoms with van der Waals surface area (Å²) < 4.78 is 24.3. The van der Waals surface area contributed by atoms with Crippen LogP contribution in [0.5, 0.6) is 0 Å². The van der Waals surface area contributed by atoms with E-state index in [1.54, 1.807) is 26.0 Å². The molecule has 6 nitrogen and oxygen atoms in total. The molecule has 2 rings (SSSR count). The highest BCUT2D eigenvalue weighted by molar-refractivity contribution is 7.54. The third kappa shape index (κ3) is 4.92. The predicted octanol–water partition coefficient (Wildman–Crippen LogP) is 3.43. The van der Waals surface area contributed by atoms with Crippen LogP contribution in [0.25, 0.3) is 0 Å². The van der Waals surface area contributed by atoms with Crippen molar-refractivity contribution in [3.8, 4) is 0 Å². The predicted molar refractivity (Wildman–Crippen MR) is 94.4 cm³/mol. The zero-order valence-electron chi connectivity index (χ0n) is 14.2. The molecule has 0 saturated heterocycles. The van der Waals surface area contributed by atoms with Crippen LogP contribution in [0, 0.1) is 0 Å². The second-order valence-corrected chi connectivity index (χ2v) is 7.31. The van der Waals surface area contributed by atoms with Crippen LogP contribution in [0.1, 0.15) is 35.6 Å². The van der Waals surface area contributed by atoms with Crippen LogP contribution in [-0.2, 0) is 13.6 Å². The van der Waals surface area contributed by atoms with Gasteiger partial charge in [-0.25, -0.2) is 0 Å². The summed E-state index contributed by atoms with van der Waals surface area (Å²) in [6.07, 6.45) is 0. The number of benzene rings is 2. The summed E-state index contributed by atoms with van der Waals surface area (Å²) in [5.41, 5.74) is 1.22. The largest absolute Gasteiger partial charge is 0.545 e. The molecule has 2 aromatic carbocycles. The molecule has 0 aliphatic rings. The lowest BCUT2D eigenvalue weighted by molar-refractivity contribution is -0.255. The molecule has 0 bridgehead atoms. The number of carboxylic acid groups (broad SMARTS) is 1. The van der Waals surface area contributed by atoms with Crippen LogP contribution in [0.4, 0.5) is 5.69 Å². The SMILES string of the molecule is CCOP(=O)(OCC)[C@@H](Nc1cccc(C(=O)[O-])c1)c1ccccc1.